The summed E-state index contributed by atoms with van der Waals surface area (Å²) >= 11 is 0. The zero-order valence-corrected chi connectivity index (χ0v) is 25.7. The molecule has 1 unspecified atom stereocenters. The van der Waals surface area contributed by atoms with Crippen LogP contribution in [0.2, 0.25) is 0 Å². The van der Waals surface area contributed by atoms with Crippen molar-refractivity contribution in [3.05, 3.63) is 46.6 Å². The summed E-state index contributed by atoms with van der Waals surface area (Å²) in [6, 6.07) is 0. The summed E-state index contributed by atoms with van der Waals surface area (Å²) in [7, 11) is 0. The van der Waals surface area contributed by atoms with Gasteiger partial charge in [0, 0.05) is 17.4 Å². The van der Waals surface area contributed by atoms with E-state index in [1.54, 1.807) is 13.8 Å². The van der Waals surface area contributed by atoms with Crippen LogP contribution in [0.15, 0.2) is 46.6 Å². The molecule has 0 saturated heterocycles. The number of carboxylic acids is 1. The monoisotopic (exact) mass is 540 g/mol. The molecule has 5 heteroatoms. The summed E-state index contributed by atoms with van der Waals surface area (Å²) in [5.41, 5.74) is 1.97. The largest absolute Gasteiger partial charge is 0.481 e. The maximum absolute atomic E-state index is 13.3. The Hall–Kier alpha value is -2.27. The summed E-state index contributed by atoms with van der Waals surface area (Å²) in [5.74, 6) is -0.623. The number of rotatable bonds is 15. The third-order valence-corrected chi connectivity index (χ3v) is 8.53. The minimum absolute atomic E-state index is 0.0650. The number of Topliss-reactive ketones (excluding diaryl/α,β-unsaturated/α-hetero) is 2. The quantitative estimate of drug-likeness (QED) is 0.220. The lowest BCUT2D eigenvalue weighted by Gasteiger charge is -2.28. The van der Waals surface area contributed by atoms with Gasteiger partial charge in [0.25, 0.3) is 0 Å². The van der Waals surface area contributed by atoms with E-state index < -0.39 is 11.4 Å². The van der Waals surface area contributed by atoms with Crippen molar-refractivity contribution in [3.63, 3.8) is 0 Å². The average molecular weight is 541 g/mol. The molecule has 0 fully saturated rings. The maximum Gasteiger partial charge on any atom is 0.309 e. The fourth-order valence-electron chi connectivity index (χ4n) is 5.67. The molecule has 0 heterocycles. The van der Waals surface area contributed by atoms with E-state index >= 15 is 0 Å². The summed E-state index contributed by atoms with van der Waals surface area (Å²) < 4.78 is 0. The van der Waals surface area contributed by atoms with Crippen LogP contribution in [0.4, 0.5) is 0 Å². The number of carbonyl (C=O) groups is 3. The maximum atomic E-state index is 13.3. The molecule has 0 spiro atoms. The molecule has 0 amide bonds. The Bertz CT molecular complexity index is 1060. The van der Waals surface area contributed by atoms with Crippen LogP contribution < -0.4 is 0 Å². The van der Waals surface area contributed by atoms with E-state index in [-0.39, 0.29) is 34.4 Å². The zero-order chi connectivity index (χ0) is 29.6. The lowest BCUT2D eigenvalue weighted by Crippen LogP contribution is -2.24. The molecule has 2 aliphatic rings. The lowest BCUT2D eigenvalue weighted by molar-refractivity contribution is -0.147. The highest BCUT2D eigenvalue weighted by Gasteiger charge is 2.31. The second-order valence-electron chi connectivity index (χ2n) is 14.1. The molecule has 218 valence electrons. The molecular formula is C34H52O5. The van der Waals surface area contributed by atoms with E-state index in [0.29, 0.717) is 32.1 Å². The lowest BCUT2D eigenvalue weighted by atomic mass is 9.76. The van der Waals surface area contributed by atoms with Gasteiger partial charge in [0.2, 0.25) is 0 Å². The number of hydrogen-bond donors (Lipinski definition) is 2. The van der Waals surface area contributed by atoms with Gasteiger partial charge in [-0.3, -0.25) is 14.4 Å². The highest BCUT2D eigenvalue weighted by Crippen LogP contribution is 2.37. The topological polar surface area (TPSA) is 91.7 Å². The van der Waals surface area contributed by atoms with Crippen LogP contribution in [0.5, 0.6) is 0 Å². The molecule has 39 heavy (non-hydrogen) atoms. The van der Waals surface area contributed by atoms with E-state index in [1.165, 1.54) is 0 Å². The number of aliphatic hydroxyl groups is 1. The van der Waals surface area contributed by atoms with Crippen LogP contribution in [0.3, 0.4) is 0 Å². The van der Waals surface area contributed by atoms with Crippen molar-refractivity contribution in [2.75, 3.05) is 6.61 Å². The number of carbonyl (C=O) groups excluding carboxylic acids is 2. The van der Waals surface area contributed by atoms with Gasteiger partial charge in [-0.15, -0.1) is 0 Å². The van der Waals surface area contributed by atoms with Gasteiger partial charge < -0.3 is 10.2 Å². The molecule has 2 aliphatic carbocycles. The van der Waals surface area contributed by atoms with Crippen molar-refractivity contribution in [3.8, 4) is 0 Å². The summed E-state index contributed by atoms with van der Waals surface area (Å²) in [6.45, 7) is 16.2. The normalized spacial score (nSPS) is 20.5. The molecule has 2 N–H and O–H groups in total. The highest BCUT2D eigenvalue weighted by molar-refractivity contribution is 6.10. The third-order valence-electron chi connectivity index (χ3n) is 8.53. The Kier molecular flexibility index (Phi) is 10.9. The number of allylic oxidation sites excluding steroid dienone is 8. The van der Waals surface area contributed by atoms with E-state index in [9.17, 15) is 24.6 Å². The van der Waals surface area contributed by atoms with Crippen molar-refractivity contribution >= 4 is 17.5 Å². The molecule has 0 aromatic carbocycles. The minimum Gasteiger partial charge on any atom is -0.481 e. The van der Waals surface area contributed by atoms with Crippen molar-refractivity contribution in [2.24, 2.45) is 21.7 Å². The molecule has 0 aromatic rings. The van der Waals surface area contributed by atoms with Crippen molar-refractivity contribution in [2.45, 2.75) is 120 Å². The molecule has 2 rings (SSSR count). The SMILES string of the molecule is CCC(C)(CO)CCCC1=CC(C)(C)C=C(CCCC2=CC(C)(C)C=C(CCCC(C)(C)C(=O)O)C2=O)C1=O. The van der Waals surface area contributed by atoms with E-state index in [2.05, 4.69) is 59.8 Å². The summed E-state index contributed by atoms with van der Waals surface area (Å²) in [4.78, 5) is 38.1. The number of ketones is 2. The van der Waals surface area contributed by atoms with Gasteiger partial charge in [0.05, 0.1) is 5.41 Å². The Morgan fingerprint density at radius 1 is 0.718 bits per heavy atom. The number of aliphatic carboxylic acids is 1. The van der Waals surface area contributed by atoms with Gasteiger partial charge in [-0.25, -0.2) is 0 Å². The van der Waals surface area contributed by atoms with Crippen molar-refractivity contribution < 1.29 is 24.6 Å². The first-order chi connectivity index (χ1) is 17.9. The fourth-order valence-corrected chi connectivity index (χ4v) is 5.67. The first-order valence-corrected chi connectivity index (χ1v) is 14.7. The molecule has 0 aromatic heterocycles. The number of hydrogen-bond acceptors (Lipinski definition) is 4. The summed E-state index contributed by atoms with van der Waals surface area (Å²) in [6.07, 6.45) is 15.4. The predicted octanol–water partition coefficient (Wildman–Crippen LogP) is 7.94. The van der Waals surface area contributed by atoms with E-state index in [0.717, 1.165) is 54.4 Å². The van der Waals surface area contributed by atoms with E-state index in [1.807, 2.05) is 6.08 Å². The van der Waals surface area contributed by atoms with Crippen LogP contribution in [0, 0.1) is 21.7 Å². The first kappa shape index (κ1) is 32.9. The zero-order valence-electron chi connectivity index (χ0n) is 25.7. The van der Waals surface area contributed by atoms with Crippen molar-refractivity contribution in [1.82, 2.24) is 0 Å². The van der Waals surface area contributed by atoms with Gasteiger partial charge in [-0.05, 0) is 106 Å². The minimum atomic E-state index is -0.815. The second-order valence-corrected chi connectivity index (χ2v) is 14.1. The third kappa shape index (κ3) is 9.41. The first-order valence-electron chi connectivity index (χ1n) is 14.7. The van der Waals surface area contributed by atoms with Crippen LogP contribution >= 0.6 is 0 Å². The Morgan fingerprint density at radius 2 is 1.08 bits per heavy atom. The average Bonchev–Trinajstić information content (AvgIpc) is 2.83. The highest BCUT2D eigenvalue weighted by atomic mass is 16.4. The van der Waals surface area contributed by atoms with Crippen molar-refractivity contribution in [1.29, 1.82) is 0 Å². The van der Waals surface area contributed by atoms with Gasteiger partial charge in [-0.1, -0.05) is 65.8 Å². The Labute approximate surface area is 236 Å². The van der Waals surface area contributed by atoms with Gasteiger partial charge in [0.1, 0.15) is 0 Å². The van der Waals surface area contributed by atoms with Gasteiger partial charge >= 0.3 is 5.97 Å². The van der Waals surface area contributed by atoms with Gasteiger partial charge in [0.15, 0.2) is 11.6 Å². The second kappa shape index (κ2) is 12.9. The number of carboxylic acid groups (broad SMARTS) is 1. The molecule has 0 bridgehead atoms. The fraction of sp³-hybridized carbons (Fsp3) is 0.676. The molecular weight excluding hydrogens is 488 g/mol. The molecule has 0 saturated carbocycles. The van der Waals surface area contributed by atoms with Crippen LogP contribution in [0.25, 0.3) is 0 Å². The van der Waals surface area contributed by atoms with E-state index in [4.69, 9.17) is 0 Å². The van der Waals surface area contributed by atoms with Crippen LogP contribution in [-0.2, 0) is 14.4 Å². The standard InChI is InChI=1S/C34H52O5/c1-9-34(8,23-35)18-12-16-27-22-32(4,5)20-25(29(27)37)14-10-13-24-19-31(2,3)21-26(28(24)36)15-11-17-33(6,7)30(38)39/h19-22,35H,9-18,23H2,1-8H3,(H,38,39). The Morgan fingerprint density at radius 3 is 1.41 bits per heavy atom. The molecule has 5 nitrogen and oxygen atoms in total. The van der Waals surface area contributed by atoms with Gasteiger partial charge in [-0.2, -0.15) is 0 Å². The molecule has 1 atom stereocenters. The summed E-state index contributed by atoms with van der Waals surface area (Å²) in [5, 5.41) is 19.1. The number of aliphatic hydroxyl groups excluding tert-OH is 1. The smallest absolute Gasteiger partial charge is 0.309 e. The predicted molar refractivity (Wildman–Crippen MR) is 158 cm³/mol. The molecule has 0 aliphatic heterocycles. The van der Waals surface area contributed by atoms with Crippen LogP contribution in [0.1, 0.15) is 120 Å². The van der Waals surface area contributed by atoms with Crippen LogP contribution in [-0.4, -0.2) is 34.4 Å². The Balaban J connectivity index is 1.99. The molecule has 0 radical (unpaired) electrons.